The highest BCUT2D eigenvalue weighted by Crippen LogP contribution is 2.28. The van der Waals surface area contributed by atoms with Crippen LogP contribution in [0.2, 0.25) is 0 Å². The van der Waals surface area contributed by atoms with Crippen molar-refractivity contribution in [2.75, 3.05) is 13.7 Å². The number of thiophene rings is 1. The molecular weight excluding hydrogens is 350 g/mol. The van der Waals surface area contributed by atoms with Crippen molar-refractivity contribution >= 4 is 27.3 Å². The van der Waals surface area contributed by atoms with Gasteiger partial charge in [-0.1, -0.05) is 6.92 Å². The second kappa shape index (κ2) is 8.41. The van der Waals surface area contributed by atoms with Crippen LogP contribution < -0.4 is 14.8 Å². The molecule has 1 N–H and O–H groups in total. The number of methoxy groups -OCH3 is 1. The molecule has 1 heterocycles. The third kappa shape index (κ3) is 4.73. The molecule has 5 heteroatoms. The average Bonchev–Trinajstić information content (AvgIpc) is 2.91. The first-order valence-electron chi connectivity index (χ1n) is 6.97. The highest BCUT2D eigenvalue weighted by Gasteiger charge is 2.08. The Morgan fingerprint density at radius 3 is 2.81 bits per heavy atom. The molecule has 0 spiro atoms. The Morgan fingerprint density at radius 2 is 2.14 bits per heavy atom. The van der Waals surface area contributed by atoms with Gasteiger partial charge in [0.05, 0.1) is 12.0 Å². The monoisotopic (exact) mass is 369 g/mol. The van der Waals surface area contributed by atoms with Crippen molar-refractivity contribution in [2.45, 2.75) is 26.5 Å². The summed E-state index contributed by atoms with van der Waals surface area (Å²) in [6.45, 7) is 4.51. The Kier molecular flexibility index (Phi) is 6.54. The molecule has 0 bridgehead atoms. The first-order chi connectivity index (χ1) is 10.2. The topological polar surface area (TPSA) is 30.5 Å². The van der Waals surface area contributed by atoms with Crippen LogP contribution >= 0.6 is 27.3 Å². The van der Waals surface area contributed by atoms with Gasteiger partial charge in [-0.3, -0.25) is 0 Å². The van der Waals surface area contributed by atoms with Crippen LogP contribution in [0.4, 0.5) is 0 Å². The van der Waals surface area contributed by atoms with Crippen LogP contribution in [0.25, 0.3) is 0 Å². The minimum atomic E-state index is 0.575. The molecule has 3 nitrogen and oxygen atoms in total. The van der Waals surface area contributed by atoms with E-state index in [0.717, 1.165) is 41.0 Å². The number of rotatable bonds is 8. The largest absolute Gasteiger partial charge is 0.497 e. The van der Waals surface area contributed by atoms with E-state index in [-0.39, 0.29) is 0 Å². The van der Waals surface area contributed by atoms with Gasteiger partial charge in [0.25, 0.3) is 0 Å². The lowest BCUT2D eigenvalue weighted by Crippen LogP contribution is -2.14. The molecule has 114 valence electrons. The lowest BCUT2D eigenvalue weighted by Gasteiger charge is -2.13. The van der Waals surface area contributed by atoms with Crippen LogP contribution in [0.3, 0.4) is 0 Å². The minimum absolute atomic E-state index is 0.575. The summed E-state index contributed by atoms with van der Waals surface area (Å²) < 4.78 is 12.4. The fourth-order valence-electron chi connectivity index (χ4n) is 1.93. The minimum Gasteiger partial charge on any atom is -0.497 e. The summed E-state index contributed by atoms with van der Waals surface area (Å²) >= 11 is 5.22. The molecule has 0 aliphatic heterocycles. The van der Waals surface area contributed by atoms with Crippen molar-refractivity contribution in [1.82, 2.24) is 5.32 Å². The first kappa shape index (κ1) is 16.3. The molecule has 2 rings (SSSR count). The number of benzene rings is 1. The zero-order valence-corrected chi connectivity index (χ0v) is 14.7. The first-order valence-corrected chi connectivity index (χ1v) is 8.64. The van der Waals surface area contributed by atoms with Gasteiger partial charge in [0.2, 0.25) is 0 Å². The van der Waals surface area contributed by atoms with Gasteiger partial charge in [-0.05, 0) is 58.5 Å². The van der Waals surface area contributed by atoms with Gasteiger partial charge in [0, 0.05) is 16.6 Å². The van der Waals surface area contributed by atoms with Crippen LogP contribution in [0.15, 0.2) is 34.1 Å². The predicted octanol–water partition coefficient (Wildman–Crippen LogP) is 4.60. The van der Waals surface area contributed by atoms with Crippen molar-refractivity contribution in [3.63, 3.8) is 0 Å². The molecule has 0 saturated carbocycles. The predicted molar refractivity (Wildman–Crippen MR) is 91.3 cm³/mol. The highest BCUT2D eigenvalue weighted by molar-refractivity contribution is 9.10. The summed E-state index contributed by atoms with van der Waals surface area (Å²) in [6, 6.07) is 7.98. The van der Waals surface area contributed by atoms with Gasteiger partial charge in [0.1, 0.15) is 18.1 Å². The highest BCUT2D eigenvalue weighted by atomic mass is 79.9. The van der Waals surface area contributed by atoms with Crippen LogP contribution in [0, 0.1) is 0 Å². The molecule has 0 fully saturated rings. The number of nitrogens with one attached hydrogen (secondary N) is 1. The van der Waals surface area contributed by atoms with Crippen molar-refractivity contribution in [3.05, 3.63) is 44.6 Å². The van der Waals surface area contributed by atoms with Crippen LogP contribution in [0.1, 0.15) is 23.8 Å². The summed E-state index contributed by atoms with van der Waals surface area (Å²) in [7, 11) is 1.68. The Balaban J connectivity index is 2.07. The van der Waals surface area contributed by atoms with E-state index in [9.17, 15) is 0 Å². The number of halogens is 1. The summed E-state index contributed by atoms with van der Waals surface area (Å²) in [6.07, 6.45) is 1.11. The molecule has 1 aromatic carbocycles. The molecule has 0 amide bonds. The summed E-state index contributed by atoms with van der Waals surface area (Å²) in [5.41, 5.74) is 1.12. The Morgan fingerprint density at radius 1 is 1.29 bits per heavy atom. The van der Waals surface area contributed by atoms with Gasteiger partial charge in [0.15, 0.2) is 0 Å². The molecule has 0 unspecified atom stereocenters. The van der Waals surface area contributed by atoms with E-state index in [1.165, 1.54) is 4.88 Å². The molecule has 0 saturated heterocycles. The molecule has 21 heavy (non-hydrogen) atoms. The van der Waals surface area contributed by atoms with E-state index in [4.69, 9.17) is 9.47 Å². The van der Waals surface area contributed by atoms with E-state index < -0.39 is 0 Å². The zero-order chi connectivity index (χ0) is 15.1. The second-order valence-corrected chi connectivity index (χ2v) is 6.49. The van der Waals surface area contributed by atoms with Gasteiger partial charge in [-0.15, -0.1) is 11.3 Å². The van der Waals surface area contributed by atoms with Crippen LogP contribution in [-0.4, -0.2) is 13.7 Å². The fourth-order valence-corrected chi connectivity index (χ4v) is 3.31. The Bertz CT molecular complexity index is 571. The quantitative estimate of drug-likeness (QED) is 0.689. The van der Waals surface area contributed by atoms with E-state index in [2.05, 4.69) is 33.6 Å². The Hall–Kier alpha value is -1.04. The van der Waals surface area contributed by atoms with Crippen LogP contribution in [-0.2, 0) is 13.2 Å². The molecule has 0 aliphatic rings. The SMILES string of the molecule is CCCNCc1cc(OC)ccc1OCc1sccc1Br. The van der Waals surface area contributed by atoms with Gasteiger partial charge < -0.3 is 14.8 Å². The van der Waals surface area contributed by atoms with E-state index in [1.807, 2.05) is 24.3 Å². The molecule has 2 aromatic rings. The zero-order valence-electron chi connectivity index (χ0n) is 12.3. The van der Waals surface area contributed by atoms with Crippen molar-refractivity contribution in [3.8, 4) is 11.5 Å². The maximum atomic E-state index is 5.98. The molecular formula is C16H20BrNO2S. The van der Waals surface area contributed by atoms with Gasteiger partial charge in [-0.25, -0.2) is 0 Å². The number of hydrogen-bond acceptors (Lipinski definition) is 4. The van der Waals surface area contributed by atoms with Crippen LogP contribution in [0.5, 0.6) is 11.5 Å². The lowest BCUT2D eigenvalue weighted by atomic mass is 10.2. The van der Waals surface area contributed by atoms with E-state index >= 15 is 0 Å². The van der Waals surface area contributed by atoms with Crippen molar-refractivity contribution < 1.29 is 9.47 Å². The summed E-state index contributed by atoms with van der Waals surface area (Å²) in [4.78, 5) is 1.19. The molecule has 0 atom stereocenters. The summed E-state index contributed by atoms with van der Waals surface area (Å²) in [5, 5.41) is 5.46. The molecule has 0 radical (unpaired) electrons. The normalized spacial score (nSPS) is 10.6. The molecule has 0 aliphatic carbocycles. The third-order valence-corrected chi connectivity index (χ3v) is 4.96. The van der Waals surface area contributed by atoms with Gasteiger partial charge >= 0.3 is 0 Å². The van der Waals surface area contributed by atoms with Crippen molar-refractivity contribution in [1.29, 1.82) is 0 Å². The number of hydrogen-bond donors (Lipinski definition) is 1. The maximum Gasteiger partial charge on any atom is 0.124 e. The molecule has 1 aromatic heterocycles. The second-order valence-electron chi connectivity index (χ2n) is 4.63. The fraction of sp³-hybridized carbons (Fsp3) is 0.375. The van der Waals surface area contributed by atoms with Gasteiger partial charge in [-0.2, -0.15) is 0 Å². The summed E-state index contributed by atoms with van der Waals surface area (Å²) in [5.74, 6) is 1.76. The van der Waals surface area contributed by atoms with E-state index in [0.29, 0.717) is 6.61 Å². The smallest absolute Gasteiger partial charge is 0.124 e. The standard InChI is InChI=1S/C16H20BrNO2S/c1-3-7-18-10-12-9-13(19-2)4-5-15(12)20-11-16-14(17)6-8-21-16/h4-6,8-9,18H,3,7,10-11H2,1-2H3. The van der Waals surface area contributed by atoms with Crippen molar-refractivity contribution in [2.24, 2.45) is 0 Å². The number of ether oxygens (including phenoxy) is 2. The Labute approximate surface area is 138 Å². The maximum absolute atomic E-state index is 5.98. The lowest BCUT2D eigenvalue weighted by molar-refractivity contribution is 0.304. The van der Waals surface area contributed by atoms with E-state index in [1.54, 1.807) is 18.4 Å². The third-order valence-electron chi connectivity index (χ3n) is 3.06. The average molecular weight is 370 g/mol.